The normalized spacial score (nSPS) is 11.2. The van der Waals surface area contributed by atoms with Gasteiger partial charge in [0.25, 0.3) is 0 Å². The lowest BCUT2D eigenvalue weighted by molar-refractivity contribution is 0.477. The van der Waals surface area contributed by atoms with Crippen molar-refractivity contribution in [3.63, 3.8) is 0 Å². The first-order valence-electron chi connectivity index (χ1n) is 9.72. The molecule has 0 bridgehead atoms. The van der Waals surface area contributed by atoms with E-state index >= 15 is 0 Å². The van der Waals surface area contributed by atoms with Crippen molar-refractivity contribution < 1.29 is 4.74 Å². The van der Waals surface area contributed by atoms with Crippen LogP contribution in [0.25, 0.3) is 10.8 Å². The van der Waals surface area contributed by atoms with E-state index in [1.165, 1.54) is 0 Å². The van der Waals surface area contributed by atoms with Gasteiger partial charge in [-0.3, -0.25) is 0 Å². The Kier molecular flexibility index (Phi) is 4.69. The molecule has 0 radical (unpaired) electrons. The summed E-state index contributed by atoms with van der Waals surface area (Å²) < 4.78 is 6.48. The molecule has 0 saturated heterocycles. The van der Waals surface area contributed by atoms with Crippen molar-refractivity contribution in [2.45, 2.75) is 0 Å². The molecular weight excluding hydrogens is 478 g/mol. The lowest BCUT2D eigenvalue weighted by Gasteiger charge is -2.34. The summed E-state index contributed by atoms with van der Waals surface area (Å²) in [5.74, 6) is 1.17. The molecule has 0 unspecified atom stereocenters. The second kappa shape index (κ2) is 7.70. The summed E-state index contributed by atoms with van der Waals surface area (Å²) in [5, 5.41) is 40.4. The molecule has 0 amide bonds. The van der Waals surface area contributed by atoms with Gasteiger partial charge in [-0.1, -0.05) is 24.3 Å². The van der Waals surface area contributed by atoms with Gasteiger partial charge in [-0.15, -0.1) is 0 Å². The fraction of sp³-hybridized carbons (Fsp3) is 0. The molecule has 1 aliphatic heterocycles. The summed E-state index contributed by atoms with van der Waals surface area (Å²) in [7, 11) is 0. The first-order valence-corrected chi connectivity index (χ1v) is 10.5. The smallest absolute Gasteiger partial charge is 0.151 e. The lowest BCUT2D eigenvalue weighted by atomic mass is 9.94. The molecule has 0 saturated carbocycles. The highest BCUT2D eigenvalue weighted by molar-refractivity contribution is 9.10. The predicted octanol–water partition coefficient (Wildman–Crippen LogP) is 6.66. The van der Waals surface area contributed by atoms with Crippen LogP contribution >= 0.6 is 15.9 Å². The SMILES string of the molecule is N#Cc1cc2c(N3c4ccccc4Oc4ccccc43)c(C#N)c(C#N)cc2c(Br)c1C#N. The highest BCUT2D eigenvalue weighted by Crippen LogP contribution is 2.53. The van der Waals surface area contributed by atoms with E-state index in [0.29, 0.717) is 43.8 Å². The van der Waals surface area contributed by atoms with Crippen LogP contribution in [0.3, 0.4) is 0 Å². The number of nitriles is 4. The molecule has 33 heavy (non-hydrogen) atoms. The minimum atomic E-state index is 0.163. The van der Waals surface area contributed by atoms with Crippen LogP contribution in [0.15, 0.2) is 65.1 Å². The van der Waals surface area contributed by atoms with Gasteiger partial charge in [0, 0.05) is 15.2 Å². The molecule has 7 heteroatoms. The Bertz CT molecular complexity index is 1620. The minimum absolute atomic E-state index is 0.163. The van der Waals surface area contributed by atoms with E-state index in [2.05, 4.69) is 40.2 Å². The van der Waals surface area contributed by atoms with Gasteiger partial charge in [0.1, 0.15) is 24.3 Å². The molecular formula is C26H10BrN5O. The Morgan fingerprint density at radius 1 is 0.667 bits per heavy atom. The van der Waals surface area contributed by atoms with E-state index in [1.54, 1.807) is 12.1 Å². The molecule has 0 fully saturated rings. The number of para-hydroxylation sites is 4. The minimum Gasteiger partial charge on any atom is -0.453 e. The summed E-state index contributed by atoms with van der Waals surface area (Å²) in [6.07, 6.45) is 0. The van der Waals surface area contributed by atoms with Crippen LogP contribution in [-0.2, 0) is 0 Å². The zero-order chi connectivity index (χ0) is 23.1. The Morgan fingerprint density at radius 3 is 1.73 bits per heavy atom. The summed E-state index contributed by atoms with van der Waals surface area (Å²) in [6, 6.07) is 26.4. The van der Waals surface area contributed by atoms with Gasteiger partial charge in [-0.25, -0.2) is 0 Å². The summed E-state index contributed by atoms with van der Waals surface area (Å²) >= 11 is 3.46. The first kappa shape index (κ1) is 20.1. The van der Waals surface area contributed by atoms with E-state index in [4.69, 9.17) is 4.74 Å². The van der Waals surface area contributed by atoms with Gasteiger partial charge in [0.2, 0.25) is 0 Å². The van der Waals surface area contributed by atoms with Crippen molar-refractivity contribution in [1.82, 2.24) is 0 Å². The number of anilines is 3. The number of fused-ring (bicyclic) bond motifs is 3. The third-order valence-electron chi connectivity index (χ3n) is 5.47. The molecule has 4 aromatic rings. The molecule has 1 heterocycles. The van der Waals surface area contributed by atoms with Gasteiger partial charge >= 0.3 is 0 Å². The highest BCUT2D eigenvalue weighted by Gasteiger charge is 2.30. The quantitative estimate of drug-likeness (QED) is 0.261. The molecule has 1 aliphatic rings. The van der Waals surface area contributed by atoms with Crippen molar-refractivity contribution in [2.75, 3.05) is 4.90 Å². The zero-order valence-electron chi connectivity index (χ0n) is 16.8. The molecule has 5 rings (SSSR count). The third kappa shape index (κ3) is 2.89. The van der Waals surface area contributed by atoms with Crippen molar-refractivity contribution in [3.8, 4) is 35.8 Å². The molecule has 0 N–H and O–H groups in total. The van der Waals surface area contributed by atoms with E-state index < -0.39 is 0 Å². The lowest BCUT2D eigenvalue weighted by Crippen LogP contribution is -2.18. The van der Waals surface area contributed by atoms with Crippen molar-refractivity contribution >= 4 is 43.8 Å². The highest BCUT2D eigenvalue weighted by atomic mass is 79.9. The number of hydrogen-bond acceptors (Lipinski definition) is 6. The topological polar surface area (TPSA) is 108 Å². The molecule has 0 spiro atoms. The van der Waals surface area contributed by atoms with E-state index in [-0.39, 0.29) is 22.3 Å². The van der Waals surface area contributed by atoms with Crippen molar-refractivity contribution in [2.24, 2.45) is 0 Å². The molecule has 0 atom stereocenters. The summed E-state index contributed by atoms with van der Waals surface area (Å²) in [5.41, 5.74) is 2.48. The molecule has 4 aromatic carbocycles. The fourth-order valence-corrected chi connectivity index (χ4v) is 4.69. The van der Waals surface area contributed by atoms with Crippen molar-refractivity contribution in [3.05, 3.63) is 87.4 Å². The standard InChI is InChI=1S/C26H10BrN5O/c27-25-17-9-16(12-29)20(14-31)26(18(17)10-15(11-28)19(25)13-30)32-21-5-1-3-7-23(21)33-24-8-4-2-6-22(24)32/h1-10H. The monoisotopic (exact) mass is 487 g/mol. The number of benzene rings is 4. The number of ether oxygens (including phenoxy) is 1. The van der Waals surface area contributed by atoms with Gasteiger partial charge in [-0.2, -0.15) is 21.0 Å². The van der Waals surface area contributed by atoms with Gasteiger partial charge in [-0.05, 0) is 52.3 Å². The first-order chi connectivity index (χ1) is 16.1. The molecule has 6 nitrogen and oxygen atoms in total. The Labute approximate surface area is 197 Å². The van der Waals surface area contributed by atoms with E-state index in [9.17, 15) is 21.0 Å². The van der Waals surface area contributed by atoms with Crippen LogP contribution in [0.4, 0.5) is 17.1 Å². The van der Waals surface area contributed by atoms with Crippen LogP contribution in [0.2, 0.25) is 0 Å². The second-order valence-electron chi connectivity index (χ2n) is 7.18. The number of rotatable bonds is 1. The Hall–Kier alpha value is -4.82. The summed E-state index contributed by atoms with van der Waals surface area (Å²) in [6.45, 7) is 0. The summed E-state index contributed by atoms with van der Waals surface area (Å²) in [4.78, 5) is 1.87. The fourth-order valence-electron chi connectivity index (χ4n) is 4.06. The number of hydrogen-bond donors (Lipinski definition) is 0. The number of nitrogens with zero attached hydrogens (tertiary/aromatic N) is 5. The van der Waals surface area contributed by atoms with Crippen molar-refractivity contribution in [1.29, 1.82) is 21.0 Å². The van der Waals surface area contributed by atoms with E-state index in [0.717, 1.165) is 0 Å². The third-order valence-corrected chi connectivity index (χ3v) is 6.30. The zero-order valence-corrected chi connectivity index (χ0v) is 18.4. The van der Waals surface area contributed by atoms with Gasteiger partial charge < -0.3 is 9.64 Å². The average Bonchev–Trinajstić information content (AvgIpc) is 2.86. The van der Waals surface area contributed by atoms with Gasteiger partial charge in [0.15, 0.2) is 11.5 Å². The molecule has 0 aliphatic carbocycles. The maximum atomic E-state index is 10.1. The second-order valence-corrected chi connectivity index (χ2v) is 7.97. The van der Waals surface area contributed by atoms with Crippen LogP contribution < -0.4 is 9.64 Å². The largest absolute Gasteiger partial charge is 0.453 e. The van der Waals surface area contributed by atoms with Crippen LogP contribution in [0.1, 0.15) is 22.3 Å². The Balaban J connectivity index is 2.01. The Morgan fingerprint density at radius 2 is 1.18 bits per heavy atom. The maximum Gasteiger partial charge on any atom is 0.151 e. The molecule has 0 aromatic heterocycles. The van der Waals surface area contributed by atoms with Crippen LogP contribution in [-0.4, -0.2) is 0 Å². The van der Waals surface area contributed by atoms with E-state index in [1.807, 2.05) is 53.4 Å². The van der Waals surface area contributed by atoms with Gasteiger partial charge in [0.05, 0.1) is 39.3 Å². The predicted molar refractivity (Wildman–Crippen MR) is 125 cm³/mol. The molecule has 152 valence electrons. The van der Waals surface area contributed by atoms with Crippen LogP contribution in [0.5, 0.6) is 11.5 Å². The maximum absolute atomic E-state index is 10.1. The number of halogens is 1. The van der Waals surface area contributed by atoms with Crippen LogP contribution in [0, 0.1) is 45.3 Å². The average molecular weight is 488 g/mol.